The van der Waals surface area contributed by atoms with E-state index >= 15 is 0 Å². The third kappa shape index (κ3) is 3.17. The SMILES string of the molecule is CC(=O)N(C)c1nc(CN[C@@H]2CCc3nc(C)nn3C2)cs1. The van der Waals surface area contributed by atoms with Crippen LogP contribution in [0.4, 0.5) is 5.13 Å². The van der Waals surface area contributed by atoms with Crippen molar-refractivity contribution in [3.63, 3.8) is 0 Å². The first-order valence-electron chi connectivity index (χ1n) is 7.35. The first-order valence-corrected chi connectivity index (χ1v) is 8.23. The summed E-state index contributed by atoms with van der Waals surface area (Å²) in [6.07, 6.45) is 2.01. The van der Waals surface area contributed by atoms with E-state index in [4.69, 9.17) is 0 Å². The second-order valence-corrected chi connectivity index (χ2v) is 6.41. The Bertz CT molecular complexity index is 679. The number of amides is 1. The molecule has 118 valence electrons. The number of aromatic nitrogens is 4. The minimum Gasteiger partial charge on any atom is -0.306 e. The van der Waals surface area contributed by atoms with Crippen LogP contribution in [0.25, 0.3) is 0 Å². The maximum Gasteiger partial charge on any atom is 0.225 e. The smallest absolute Gasteiger partial charge is 0.225 e. The van der Waals surface area contributed by atoms with Crippen molar-refractivity contribution in [1.82, 2.24) is 25.1 Å². The van der Waals surface area contributed by atoms with Crippen molar-refractivity contribution >= 4 is 22.4 Å². The Morgan fingerprint density at radius 3 is 3.14 bits per heavy atom. The van der Waals surface area contributed by atoms with Crippen LogP contribution in [0.15, 0.2) is 5.38 Å². The van der Waals surface area contributed by atoms with Crippen LogP contribution < -0.4 is 10.2 Å². The van der Waals surface area contributed by atoms with Gasteiger partial charge in [0.05, 0.1) is 12.2 Å². The minimum atomic E-state index is -0.00442. The van der Waals surface area contributed by atoms with Gasteiger partial charge in [-0.15, -0.1) is 11.3 Å². The summed E-state index contributed by atoms with van der Waals surface area (Å²) >= 11 is 1.49. The van der Waals surface area contributed by atoms with E-state index < -0.39 is 0 Å². The molecule has 8 heteroatoms. The summed E-state index contributed by atoms with van der Waals surface area (Å²) in [5.74, 6) is 1.91. The highest BCUT2D eigenvalue weighted by atomic mass is 32.1. The van der Waals surface area contributed by atoms with Gasteiger partial charge >= 0.3 is 0 Å². The number of rotatable bonds is 4. The summed E-state index contributed by atoms with van der Waals surface area (Å²) in [5, 5.41) is 10.7. The molecule has 22 heavy (non-hydrogen) atoms. The van der Waals surface area contributed by atoms with E-state index in [1.165, 1.54) is 11.3 Å². The molecule has 0 aromatic carbocycles. The van der Waals surface area contributed by atoms with Gasteiger partial charge in [0.2, 0.25) is 5.91 Å². The molecule has 1 atom stereocenters. The molecular weight excluding hydrogens is 300 g/mol. The first kappa shape index (κ1) is 15.1. The number of hydrogen-bond acceptors (Lipinski definition) is 6. The number of nitrogens with one attached hydrogen (secondary N) is 1. The number of thiazole rings is 1. The summed E-state index contributed by atoms with van der Waals surface area (Å²) in [6, 6.07) is 0.379. The zero-order valence-electron chi connectivity index (χ0n) is 13.0. The maximum absolute atomic E-state index is 11.3. The number of carbonyl (C=O) groups excluding carboxylic acids is 1. The molecule has 2 aromatic rings. The standard InChI is InChI=1S/C14H20N6OS/c1-9-16-13-5-4-11(7-20(13)18-9)15-6-12-8-22-14(17-12)19(3)10(2)21/h8,11,15H,4-7H2,1-3H3/t11-/m1/s1. The zero-order chi connectivity index (χ0) is 15.7. The fourth-order valence-electron chi connectivity index (χ4n) is 2.52. The van der Waals surface area contributed by atoms with Gasteiger partial charge in [-0.2, -0.15) is 5.10 Å². The predicted octanol–water partition coefficient (Wildman–Crippen LogP) is 1.13. The van der Waals surface area contributed by atoms with E-state index in [2.05, 4.69) is 20.4 Å². The molecule has 1 aliphatic heterocycles. The molecule has 1 N–H and O–H groups in total. The van der Waals surface area contributed by atoms with Crippen LogP contribution in [-0.4, -0.2) is 38.7 Å². The quantitative estimate of drug-likeness (QED) is 0.914. The van der Waals surface area contributed by atoms with Crippen molar-refractivity contribution in [2.45, 2.75) is 45.8 Å². The van der Waals surface area contributed by atoms with Crippen LogP contribution in [-0.2, 0) is 24.3 Å². The largest absolute Gasteiger partial charge is 0.306 e. The molecule has 0 bridgehead atoms. The lowest BCUT2D eigenvalue weighted by atomic mass is 10.1. The third-order valence-corrected chi connectivity index (χ3v) is 4.80. The van der Waals surface area contributed by atoms with Gasteiger partial charge in [0, 0.05) is 38.4 Å². The first-order chi connectivity index (χ1) is 10.5. The lowest BCUT2D eigenvalue weighted by molar-refractivity contribution is -0.116. The number of carbonyl (C=O) groups is 1. The summed E-state index contributed by atoms with van der Waals surface area (Å²) in [5.41, 5.74) is 0.966. The molecule has 3 heterocycles. The van der Waals surface area contributed by atoms with Crippen LogP contribution in [0, 0.1) is 6.92 Å². The average molecular weight is 320 g/mol. The van der Waals surface area contributed by atoms with E-state index in [1.807, 2.05) is 17.0 Å². The molecule has 1 aliphatic rings. The van der Waals surface area contributed by atoms with Crippen molar-refractivity contribution < 1.29 is 4.79 Å². The Hall–Kier alpha value is -1.80. The molecule has 0 radical (unpaired) electrons. The number of nitrogens with zero attached hydrogens (tertiary/aromatic N) is 5. The van der Waals surface area contributed by atoms with Crippen molar-refractivity contribution in [3.8, 4) is 0 Å². The molecule has 3 rings (SSSR count). The summed E-state index contributed by atoms with van der Waals surface area (Å²) in [6.45, 7) is 5.02. The van der Waals surface area contributed by atoms with Crippen molar-refractivity contribution in [2.75, 3.05) is 11.9 Å². The van der Waals surface area contributed by atoms with Crippen LogP contribution in [0.3, 0.4) is 0 Å². The van der Waals surface area contributed by atoms with Gasteiger partial charge in [-0.1, -0.05) is 0 Å². The van der Waals surface area contributed by atoms with Gasteiger partial charge < -0.3 is 5.32 Å². The van der Waals surface area contributed by atoms with E-state index in [0.717, 1.165) is 41.9 Å². The molecule has 0 saturated heterocycles. The van der Waals surface area contributed by atoms with Crippen LogP contribution >= 0.6 is 11.3 Å². The fourth-order valence-corrected chi connectivity index (χ4v) is 3.35. The maximum atomic E-state index is 11.3. The van der Waals surface area contributed by atoms with Gasteiger partial charge in [-0.25, -0.2) is 14.6 Å². The Labute approximate surface area is 133 Å². The normalized spacial score (nSPS) is 17.3. The van der Waals surface area contributed by atoms with Crippen molar-refractivity contribution in [2.24, 2.45) is 0 Å². The van der Waals surface area contributed by atoms with Gasteiger partial charge in [-0.3, -0.25) is 9.69 Å². The summed E-state index contributed by atoms with van der Waals surface area (Å²) < 4.78 is 1.99. The van der Waals surface area contributed by atoms with Crippen molar-refractivity contribution in [1.29, 1.82) is 0 Å². The second kappa shape index (κ2) is 6.13. The van der Waals surface area contributed by atoms with Crippen LogP contribution in [0.2, 0.25) is 0 Å². The summed E-state index contributed by atoms with van der Waals surface area (Å²) in [4.78, 5) is 21.8. The zero-order valence-corrected chi connectivity index (χ0v) is 13.9. The molecule has 0 fully saturated rings. The number of fused-ring (bicyclic) bond motifs is 1. The van der Waals surface area contributed by atoms with E-state index in [0.29, 0.717) is 12.6 Å². The molecule has 7 nitrogen and oxygen atoms in total. The van der Waals surface area contributed by atoms with Crippen LogP contribution in [0.5, 0.6) is 0 Å². The van der Waals surface area contributed by atoms with E-state index in [1.54, 1.807) is 18.9 Å². The number of hydrogen-bond donors (Lipinski definition) is 1. The Kier molecular flexibility index (Phi) is 4.21. The Morgan fingerprint density at radius 1 is 1.55 bits per heavy atom. The predicted molar refractivity (Wildman–Crippen MR) is 84.9 cm³/mol. The lowest BCUT2D eigenvalue weighted by Crippen LogP contribution is -2.37. The Morgan fingerprint density at radius 2 is 2.36 bits per heavy atom. The molecule has 0 spiro atoms. The van der Waals surface area contributed by atoms with E-state index in [9.17, 15) is 4.79 Å². The average Bonchev–Trinajstić information content (AvgIpc) is 3.08. The molecule has 0 aliphatic carbocycles. The molecule has 0 saturated carbocycles. The van der Waals surface area contributed by atoms with Gasteiger partial charge in [0.1, 0.15) is 11.6 Å². The van der Waals surface area contributed by atoms with Gasteiger partial charge in [0.25, 0.3) is 0 Å². The molecule has 2 aromatic heterocycles. The second-order valence-electron chi connectivity index (χ2n) is 5.57. The molecule has 0 unspecified atom stereocenters. The highest BCUT2D eigenvalue weighted by molar-refractivity contribution is 7.14. The fraction of sp³-hybridized carbons (Fsp3) is 0.571. The van der Waals surface area contributed by atoms with Crippen LogP contribution in [0.1, 0.15) is 30.7 Å². The number of anilines is 1. The molecule has 1 amide bonds. The summed E-state index contributed by atoms with van der Waals surface area (Å²) in [7, 11) is 1.74. The minimum absolute atomic E-state index is 0.00442. The third-order valence-electron chi connectivity index (χ3n) is 3.83. The monoisotopic (exact) mass is 320 g/mol. The highest BCUT2D eigenvalue weighted by Gasteiger charge is 2.20. The van der Waals surface area contributed by atoms with Gasteiger partial charge in [0.15, 0.2) is 5.13 Å². The number of aryl methyl sites for hydroxylation is 2. The Balaban J connectivity index is 1.56. The van der Waals surface area contributed by atoms with Crippen molar-refractivity contribution in [3.05, 3.63) is 22.7 Å². The van der Waals surface area contributed by atoms with Gasteiger partial charge in [-0.05, 0) is 13.3 Å². The topological polar surface area (TPSA) is 75.9 Å². The van der Waals surface area contributed by atoms with E-state index in [-0.39, 0.29) is 5.91 Å². The molecular formula is C14H20N6OS. The highest BCUT2D eigenvalue weighted by Crippen LogP contribution is 2.20. The lowest BCUT2D eigenvalue weighted by Gasteiger charge is -2.23.